The van der Waals surface area contributed by atoms with Gasteiger partial charge in [-0.2, -0.15) is 0 Å². The highest BCUT2D eigenvalue weighted by atomic mass is 19.3. The first-order valence-electron chi connectivity index (χ1n) is 7.63. The van der Waals surface area contributed by atoms with Gasteiger partial charge in [0.2, 0.25) is 5.91 Å². The van der Waals surface area contributed by atoms with E-state index in [4.69, 9.17) is 5.73 Å². The van der Waals surface area contributed by atoms with Gasteiger partial charge in [0.05, 0.1) is 6.54 Å². The summed E-state index contributed by atoms with van der Waals surface area (Å²) < 4.78 is 25.2. The molecule has 1 aliphatic heterocycles. The Morgan fingerprint density at radius 1 is 1.32 bits per heavy atom. The number of hydrogen-bond acceptors (Lipinski definition) is 3. The van der Waals surface area contributed by atoms with Crippen molar-refractivity contribution in [1.29, 1.82) is 0 Å². The minimum Gasteiger partial charge on any atom is -0.366 e. The highest BCUT2D eigenvalue weighted by Gasteiger charge is 2.27. The zero-order valence-corrected chi connectivity index (χ0v) is 12.8. The summed E-state index contributed by atoms with van der Waals surface area (Å²) in [6.45, 7) is 4.90. The van der Waals surface area contributed by atoms with Gasteiger partial charge in [-0.05, 0) is 24.1 Å². The number of piperazine rings is 1. The van der Waals surface area contributed by atoms with Crippen molar-refractivity contribution >= 4 is 5.91 Å². The van der Waals surface area contributed by atoms with E-state index >= 15 is 0 Å². The predicted molar refractivity (Wildman–Crippen MR) is 81.9 cm³/mol. The number of amides is 1. The second-order valence-corrected chi connectivity index (χ2v) is 5.74. The maximum absolute atomic E-state index is 12.6. The standard InChI is InChI=1S/C16H23F2N3O/c1-2-14-10-20(7-8-21(14)11-15(17)18)9-12-3-5-13(6-4-12)16(19)22/h3-6,14-15H,2,7-11H2,1H3,(H2,19,22)/t14-/m0/s1. The second-order valence-electron chi connectivity index (χ2n) is 5.74. The maximum atomic E-state index is 12.6. The summed E-state index contributed by atoms with van der Waals surface area (Å²) in [6, 6.07) is 7.41. The van der Waals surface area contributed by atoms with E-state index in [1.807, 2.05) is 24.0 Å². The first kappa shape index (κ1) is 16.8. The third-order valence-electron chi connectivity index (χ3n) is 4.18. The average molecular weight is 311 g/mol. The Morgan fingerprint density at radius 2 is 2.00 bits per heavy atom. The molecule has 22 heavy (non-hydrogen) atoms. The monoisotopic (exact) mass is 311 g/mol. The Bertz CT molecular complexity index is 493. The summed E-state index contributed by atoms with van der Waals surface area (Å²) in [5.41, 5.74) is 6.82. The van der Waals surface area contributed by atoms with Crippen molar-refractivity contribution in [1.82, 2.24) is 9.80 Å². The third kappa shape index (κ3) is 4.48. The highest BCUT2D eigenvalue weighted by molar-refractivity contribution is 5.92. The lowest BCUT2D eigenvalue weighted by Crippen LogP contribution is -2.53. The van der Waals surface area contributed by atoms with Crippen LogP contribution in [0.1, 0.15) is 29.3 Å². The van der Waals surface area contributed by atoms with Gasteiger partial charge in [-0.15, -0.1) is 0 Å². The van der Waals surface area contributed by atoms with E-state index in [-0.39, 0.29) is 12.6 Å². The van der Waals surface area contributed by atoms with Crippen molar-refractivity contribution in [3.05, 3.63) is 35.4 Å². The predicted octanol–water partition coefficient (Wildman–Crippen LogP) is 1.95. The quantitative estimate of drug-likeness (QED) is 0.873. The Balaban J connectivity index is 1.93. The molecule has 0 saturated carbocycles. The molecule has 4 nitrogen and oxygen atoms in total. The van der Waals surface area contributed by atoms with Crippen molar-refractivity contribution < 1.29 is 13.6 Å². The molecule has 1 aromatic rings. The van der Waals surface area contributed by atoms with E-state index in [1.165, 1.54) is 0 Å². The Kier molecular flexibility index (Phi) is 5.85. The van der Waals surface area contributed by atoms with Gasteiger partial charge in [0.1, 0.15) is 0 Å². The fraction of sp³-hybridized carbons (Fsp3) is 0.562. The van der Waals surface area contributed by atoms with Crippen molar-refractivity contribution in [2.24, 2.45) is 5.73 Å². The molecule has 0 bridgehead atoms. The van der Waals surface area contributed by atoms with Gasteiger partial charge in [0, 0.05) is 37.8 Å². The minimum absolute atomic E-state index is 0.139. The molecule has 1 aromatic carbocycles. The summed E-state index contributed by atoms with van der Waals surface area (Å²) in [5, 5.41) is 0. The minimum atomic E-state index is -2.28. The van der Waals surface area contributed by atoms with Crippen LogP contribution in [-0.4, -0.2) is 54.4 Å². The van der Waals surface area contributed by atoms with Gasteiger partial charge < -0.3 is 5.73 Å². The highest BCUT2D eigenvalue weighted by Crippen LogP contribution is 2.17. The van der Waals surface area contributed by atoms with Crippen LogP contribution >= 0.6 is 0 Å². The molecule has 0 unspecified atom stereocenters. The Hall–Kier alpha value is -1.53. The second kappa shape index (κ2) is 7.65. The number of rotatable bonds is 6. The molecule has 1 aliphatic rings. The molecule has 1 amide bonds. The van der Waals surface area contributed by atoms with Crippen molar-refractivity contribution in [2.45, 2.75) is 32.4 Å². The van der Waals surface area contributed by atoms with Gasteiger partial charge in [-0.3, -0.25) is 14.6 Å². The normalized spacial score (nSPS) is 20.5. The topological polar surface area (TPSA) is 49.6 Å². The van der Waals surface area contributed by atoms with Gasteiger partial charge in [0.25, 0.3) is 6.43 Å². The number of alkyl halides is 2. The van der Waals surface area contributed by atoms with Crippen LogP contribution in [0.2, 0.25) is 0 Å². The maximum Gasteiger partial charge on any atom is 0.251 e. The first-order chi connectivity index (χ1) is 10.5. The van der Waals surface area contributed by atoms with Crippen LogP contribution in [0.5, 0.6) is 0 Å². The lowest BCUT2D eigenvalue weighted by molar-refractivity contribution is 0.0169. The smallest absolute Gasteiger partial charge is 0.251 e. The number of hydrogen-bond donors (Lipinski definition) is 1. The number of carbonyl (C=O) groups is 1. The number of nitrogens with two attached hydrogens (primary N) is 1. The van der Waals surface area contributed by atoms with Crippen molar-refractivity contribution in [3.8, 4) is 0 Å². The largest absolute Gasteiger partial charge is 0.366 e. The average Bonchev–Trinajstić information content (AvgIpc) is 2.49. The number of halogens is 2. The summed E-state index contributed by atoms with van der Waals surface area (Å²) in [5.74, 6) is -0.432. The number of nitrogens with zero attached hydrogens (tertiary/aromatic N) is 2. The first-order valence-corrected chi connectivity index (χ1v) is 7.63. The van der Waals surface area contributed by atoms with E-state index < -0.39 is 12.3 Å². The van der Waals surface area contributed by atoms with E-state index in [0.717, 1.165) is 31.6 Å². The van der Waals surface area contributed by atoms with Crippen LogP contribution in [0, 0.1) is 0 Å². The molecule has 2 rings (SSSR count). The van der Waals surface area contributed by atoms with Crippen LogP contribution in [-0.2, 0) is 6.54 Å². The van der Waals surface area contributed by atoms with Crippen molar-refractivity contribution in [2.75, 3.05) is 26.2 Å². The summed E-state index contributed by atoms with van der Waals surface area (Å²) in [6.07, 6.45) is -1.41. The van der Waals surface area contributed by atoms with Crippen LogP contribution in [0.25, 0.3) is 0 Å². The Labute approximate surface area is 129 Å². The van der Waals surface area contributed by atoms with E-state index in [9.17, 15) is 13.6 Å². The van der Waals surface area contributed by atoms with E-state index in [2.05, 4.69) is 4.90 Å². The number of primary amides is 1. The SMILES string of the molecule is CC[C@H]1CN(Cc2ccc(C(N)=O)cc2)CCN1CC(F)F. The fourth-order valence-electron chi connectivity index (χ4n) is 2.94. The summed E-state index contributed by atoms with van der Waals surface area (Å²) in [4.78, 5) is 15.2. The molecule has 1 fully saturated rings. The molecule has 1 atom stereocenters. The zero-order valence-electron chi connectivity index (χ0n) is 12.8. The molecule has 6 heteroatoms. The lowest BCUT2D eigenvalue weighted by atomic mass is 10.1. The molecule has 0 radical (unpaired) electrons. The molecular weight excluding hydrogens is 288 g/mol. The van der Waals surface area contributed by atoms with Gasteiger partial charge >= 0.3 is 0 Å². The van der Waals surface area contributed by atoms with Crippen molar-refractivity contribution in [3.63, 3.8) is 0 Å². The van der Waals surface area contributed by atoms with Crippen LogP contribution in [0.15, 0.2) is 24.3 Å². The van der Waals surface area contributed by atoms with E-state index in [0.29, 0.717) is 12.1 Å². The molecular formula is C16H23F2N3O. The fourth-order valence-corrected chi connectivity index (χ4v) is 2.94. The molecule has 1 saturated heterocycles. The number of benzene rings is 1. The third-order valence-corrected chi connectivity index (χ3v) is 4.18. The van der Waals surface area contributed by atoms with Gasteiger partial charge in [-0.25, -0.2) is 8.78 Å². The molecule has 1 heterocycles. The molecule has 0 spiro atoms. The summed E-state index contributed by atoms with van der Waals surface area (Å²) in [7, 11) is 0. The van der Waals surface area contributed by atoms with Crippen LogP contribution in [0.4, 0.5) is 8.78 Å². The molecule has 122 valence electrons. The van der Waals surface area contributed by atoms with Crippen LogP contribution < -0.4 is 5.73 Å². The molecule has 0 aliphatic carbocycles. The zero-order chi connectivity index (χ0) is 16.1. The number of carbonyl (C=O) groups excluding carboxylic acids is 1. The van der Waals surface area contributed by atoms with E-state index in [1.54, 1.807) is 12.1 Å². The molecule has 0 aromatic heterocycles. The summed E-state index contributed by atoms with van der Waals surface area (Å²) >= 11 is 0. The lowest BCUT2D eigenvalue weighted by Gasteiger charge is -2.41. The Morgan fingerprint density at radius 3 is 2.55 bits per heavy atom. The van der Waals surface area contributed by atoms with Gasteiger partial charge in [-0.1, -0.05) is 19.1 Å². The molecule has 2 N–H and O–H groups in total. The van der Waals surface area contributed by atoms with Crippen LogP contribution in [0.3, 0.4) is 0 Å². The van der Waals surface area contributed by atoms with Gasteiger partial charge in [0.15, 0.2) is 0 Å².